The molecular formula is C21H27N3O7. The van der Waals surface area contributed by atoms with E-state index in [1.54, 1.807) is 27.0 Å². The lowest BCUT2D eigenvalue weighted by molar-refractivity contribution is -0.143. The van der Waals surface area contributed by atoms with Crippen LogP contribution in [0, 0.1) is 0 Å². The Labute approximate surface area is 179 Å². The minimum atomic E-state index is -1.41. The molecule has 31 heavy (non-hydrogen) atoms. The molecular weight excluding hydrogens is 406 g/mol. The van der Waals surface area contributed by atoms with Gasteiger partial charge in [0.2, 0.25) is 5.91 Å². The molecule has 0 bridgehead atoms. The molecule has 2 aromatic rings. The molecule has 1 aromatic heterocycles. The Hall–Kier alpha value is -3.56. The van der Waals surface area contributed by atoms with E-state index in [-0.39, 0.29) is 12.8 Å². The molecule has 0 saturated heterocycles. The number of alkyl carbamates (subject to hydrolysis) is 1. The zero-order valence-corrected chi connectivity index (χ0v) is 17.6. The van der Waals surface area contributed by atoms with Gasteiger partial charge in [0, 0.05) is 29.9 Å². The van der Waals surface area contributed by atoms with Crippen molar-refractivity contribution >= 4 is 34.8 Å². The van der Waals surface area contributed by atoms with Crippen molar-refractivity contribution < 1.29 is 34.1 Å². The van der Waals surface area contributed by atoms with Crippen LogP contribution in [0.3, 0.4) is 0 Å². The molecule has 168 valence electrons. The number of carboxylic acid groups (broad SMARTS) is 2. The van der Waals surface area contributed by atoms with Crippen LogP contribution in [0.1, 0.15) is 39.2 Å². The van der Waals surface area contributed by atoms with Gasteiger partial charge < -0.3 is 30.6 Å². The van der Waals surface area contributed by atoms with E-state index in [1.807, 2.05) is 24.3 Å². The molecule has 1 heterocycles. The average Bonchev–Trinajstić information content (AvgIpc) is 3.05. The lowest BCUT2D eigenvalue weighted by Gasteiger charge is -2.24. The zero-order valence-electron chi connectivity index (χ0n) is 17.6. The number of nitrogens with one attached hydrogen (secondary N) is 3. The summed E-state index contributed by atoms with van der Waals surface area (Å²) in [6.07, 6.45) is 0.234. The van der Waals surface area contributed by atoms with E-state index in [0.717, 1.165) is 16.5 Å². The van der Waals surface area contributed by atoms with E-state index in [9.17, 15) is 24.3 Å². The normalized spacial score (nSPS) is 13.3. The lowest BCUT2D eigenvalue weighted by atomic mass is 10.0. The molecule has 2 atom stereocenters. The molecule has 0 spiro atoms. The third-order valence-corrected chi connectivity index (χ3v) is 4.37. The fourth-order valence-electron chi connectivity index (χ4n) is 2.98. The average molecular weight is 433 g/mol. The molecule has 5 N–H and O–H groups in total. The maximum absolute atomic E-state index is 12.9. The van der Waals surface area contributed by atoms with Gasteiger partial charge in [0.15, 0.2) is 0 Å². The topological polar surface area (TPSA) is 158 Å². The number of hydrogen-bond donors (Lipinski definition) is 5. The summed E-state index contributed by atoms with van der Waals surface area (Å²) in [5, 5.41) is 23.8. The summed E-state index contributed by atoms with van der Waals surface area (Å²) in [5.74, 6) is -3.30. The molecule has 0 radical (unpaired) electrons. The number of carbonyl (C=O) groups is 4. The number of carboxylic acids is 2. The number of carbonyl (C=O) groups excluding carboxylic acids is 2. The molecule has 0 fully saturated rings. The number of aliphatic carboxylic acids is 2. The first-order valence-corrected chi connectivity index (χ1v) is 9.75. The highest BCUT2D eigenvalue weighted by molar-refractivity contribution is 5.91. The van der Waals surface area contributed by atoms with Crippen molar-refractivity contribution in [2.45, 2.75) is 57.7 Å². The van der Waals surface area contributed by atoms with Gasteiger partial charge in [-0.1, -0.05) is 18.2 Å². The van der Waals surface area contributed by atoms with Gasteiger partial charge in [0.1, 0.15) is 17.7 Å². The maximum Gasteiger partial charge on any atom is 0.408 e. The first-order chi connectivity index (χ1) is 14.5. The van der Waals surface area contributed by atoms with Crippen molar-refractivity contribution in [3.63, 3.8) is 0 Å². The van der Waals surface area contributed by atoms with Crippen LogP contribution in [0.5, 0.6) is 0 Å². The van der Waals surface area contributed by atoms with Crippen LogP contribution in [0.2, 0.25) is 0 Å². The predicted molar refractivity (Wildman–Crippen MR) is 112 cm³/mol. The van der Waals surface area contributed by atoms with Gasteiger partial charge in [-0.2, -0.15) is 0 Å². The van der Waals surface area contributed by atoms with E-state index < -0.39 is 48.0 Å². The van der Waals surface area contributed by atoms with Crippen LogP contribution in [0.25, 0.3) is 10.9 Å². The van der Waals surface area contributed by atoms with Gasteiger partial charge in [-0.05, 0) is 38.8 Å². The minimum absolute atomic E-state index is 0.0698. The molecule has 0 saturated carbocycles. The number of fused-ring (bicyclic) bond motifs is 1. The van der Waals surface area contributed by atoms with E-state index in [0.29, 0.717) is 0 Å². The van der Waals surface area contributed by atoms with Crippen molar-refractivity contribution in [1.29, 1.82) is 0 Å². The Bertz CT molecular complexity index is 961. The van der Waals surface area contributed by atoms with Crippen LogP contribution >= 0.6 is 0 Å². The Balaban J connectivity index is 2.22. The van der Waals surface area contributed by atoms with Gasteiger partial charge in [-0.15, -0.1) is 0 Å². The van der Waals surface area contributed by atoms with E-state index in [1.165, 1.54) is 0 Å². The molecule has 10 nitrogen and oxygen atoms in total. The maximum atomic E-state index is 12.9. The number of amides is 2. The van der Waals surface area contributed by atoms with E-state index in [2.05, 4.69) is 15.6 Å². The highest BCUT2D eigenvalue weighted by Crippen LogP contribution is 2.19. The second kappa shape index (κ2) is 9.96. The molecule has 0 unspecified atom stereocenters. The van der Waals surface area contributed by atoms with Crippen LogP contribution in [-0.2, 0) is 25.5 Å². The third-order valence-electron chi connectivity index (χ3n) is 4.37. The number of benzene rings is 1. The van der Waals surface area contributed by atoms with Crippen LogP contribution in [0.4, 0.5) is 4.79 Å². The van der Waals surface area contributed by atoms with Crippen LogP contribution in [-0.4, -0.2) is 56.8 Å². The lowest BCUT2D eigenvalue weighted by Crippen LogP contribution is -2.53. The Morgan fingerprint density at radius 1 is 1.06 bits per heavy atom. The van der Waals surface area contributed by atoms with Crippen LogP contribution < -0.4 is 10.6 Å². The van der Waals surface area contributed by atoms with Crippen molar-refractivity contribution in [3.8, 4) is 0 Å². The Kier molecular flexibility index (Phi) is 7.62. The van der Waals surface area contributed by atoms with Gasteiger partial charge in [-0.25, -0.2) is 9.59 Å². The van der Waals surface area contributed by atoms with Gasteiger partial charge in [0.05, 0.1) is 0 Å². The number of para-hydroxylation sites is 1. The Morgan fingerprint density at radius 2 is 1.74 bits per heavy atom. The van der Waals surface area contributed by atoms with Crippen molar-refractivity contribution in [1.82, 2.24) is 15.6 Å². The van der Waals surface area contributed by atoms with Crippen molar-refractivity contribution in [3.05, 3.63) is 36.0 Å². The summed E-state index contributed by atoms with van der Waals surface area (Å²) in [6.45, 7) is 5.02. The number of H-pyrrole nitrogens is 1. The van der Waals surface area contributed by atoms with E-state index in [4.69, 9.17) is 9.84 Å². The molecule has 1 aromatic carbocycles. The molecule has 10 heteroatoms. The second-order valence-corrected chi connectivity index (χ2v) is 8.09. The molecule has 0 aliphatic heterocycles. The first-order valence-electron chi connectivity index (χ1n) is 9.75. The largest absolute Gasteiger partial charge is 0.481 e. The first kappa shape index (κ1) is 23.7. The van der Waals surface area contributed by atoms with Crippen molar-refractivity contribution in [2.24, 2.45) is 0 Å². The fraction of sp³-hybridized carbons (Fsp3) is 0.429. The predicted octanol–water partition coefficient (Wildman–Crippen LogP) is 2.04. The SMILES string of the molecule is CC(C)(C)OC(=O)N[C@@H](Cc1c[nH]c2ccccc12)C(=O)N[C@@H](CCC(=O)O)C(=O)O. The summed E-state index contributed by atoms with van der Waals surface area (Å²) < 4.78 is 5.22. The Morgan fingerprint density at radius 3 is 2.35 bits per heavy atom. The number of rotatable bonds is 9. The number of aromatic amines is 1. The molecule has 0 aliphatic carbocycles. The quantitative estimate of drug-likeness (QED) is 0.405. The second-order valence-electron chi connectivity index (χ2n) is 8.09. The summed E-state index contributed by atoms with van der Waals surface area (Å²) in [5.41, 5.74) is 0.791. The smallest absolute Gasteiger partial charge is 0.408 e. The fourth-order valence-corrected chi connectivity index (χ4v) is 2.98. The third kappa shape index (κ3) is 7.32. The molecule has 2 amide bonds. The van der Waals surface area contributed by atoms with E-state index >= 15 is 0 Å². The number of aromatic nitrogens is 1. The summed E-state index contributed by atoms with van der Waals surface area (Å²) >= 11 is 0. The summed E-state index contributed by atoms with van der Waals surface area (Å²) in [7, 11) is 0. The van der Waals surface area contributed by atoms with Gasteiger partial charge in [-0.3, -0.25) is 9.59 Å². The summed E-state index contributed by atoms with van der Waals surface area (Å²) in [6, 6.07) is 4.86. The number of hydrogen-bond acceptors (Lipinski definition) is 5. The molecule has 0 aliphatic rings. The minimum Gasteiger partial charge on any atom is -0.481 e. The molecule has 2 rings (SSSR count). The standard InChI is InChI=1S/C21H27N3O7/c1-21(2,3)31-20(30)24-16(10-12-11-22-14-7-5-4-6-13(12)14)18(27)23-15(19(28)29)8-9-17(25)26/h4-7,11,15-16,22H,8-10H2,1-3H3,(H,23,27)(H,24,30)(H,25,26)(H,28,29)/t15-,16-/m0/s1. The summed E-state index contributed by atoms with van der Waals surface area (Å²) in [4.78, 5) is 50.5. The zero-order chi connectivity index (χ0) is 23.2. The highest BCUT2D eigenvalue weighted by Gasteiger charge is 2.29. The number of ether oxygens (including phenoxy) is 1. The van der Waals surface area contributed by atoms with Crippen LogP contribution in [0.15, 0.2) is 30.5 Å². The monoisotopic (exact) mass is 433 g/mol. The van der Waals surface area contributed by atoms with Gasteiger partial charge in [0.25, 0.3) is 0 Å². The highest BCUT2D eigenvalue weighted by atomic mass is 16.6. The van der Waals surface area contributed by atoms with Crippen molar-refractivity contribution in [2.75, 3.05) is 0 Å². The van der Waals surface area contributed by atoms with Gasteiger partial charge >= 0.3 is 18.0 Å².